The van der Waals surface area contributed by atoms with Crippen LogP contribution in [0.3, 0.4) is 0 Å². The number of pyridine rings is 1. The van der Waals surface area contributed by atoms with Gasteiger partial charge in [-0.1, -0.05) is 6.07 Å². The zero-order valence-electron chi connectivity index (χ0n) is 13.7. The molecule has 2 aromatic rings. The van der Waals surface area contributed by atoms with Gasteiger partial charge in [-0.05, 0) is 38.4 Å². The predicted octanol–water partition coefficient (Wildman–Crippen LogP) is 2.32. The van der Waals surface area contributed by atoms with Gasteiger partial charge in [0.2, 0.25) is 0 Å². The second-order valence-electron chi connectivity index (χ2n) is 5.35. The molecule has 1 aromatic carbocycles. The highest BCUT2D eigenvalue weighted by atomic mass is 16.5. The molecule has 122 valence electrons. The minimum Gasteiger partial charge on any atom is -0.497 e. The number of benzene rings is 1. The molecule has 2 N–H and O–H groups in total. The molecular weight excluding hydrogens is 292 g/mol. The highest BCUT2D eigenvalue weighted by Gasteiger charge is 2.07. The number of likely N-dealkylation sites (N-methyl/N-ethyl adjacent to an activating group) is 1. The van der Waals surface area contributed by atoms with Crippen LogP contribution in [-0.2, 0) is 0 Å². The fraction of sp³-hybridized carbons (Fsp3) is 0.294. The Hall–Kier alpha value is -2.60. The first-order chi connectivity index (χ1) is 11.1. The first-order valence-electron chi connectivity index (χ1n) is 7.38. The molecule has 1 heterocycles. The fourth-order valence-electron chi connectivity index (χ4n) is 1.94. The van der Waals surface area contributed by atoms with Crippen molar-refractivity contribution in [2.75, 3.05) is 44.9 Å². The summed E-state index contributed by atoms with van der Waals surface area (Å²) in [4.78, 5) is 18.6. The van der Waals surface area contributed by atoms with Gasteiger partial charge in [-0.15, -0.1) is 0 Å². The summed E-state index contributed by atoms with van der Waals surface area (Å²) < 4.78 is 5.14. The SMILES string of the molecule is COc1cccc(NC(=O)c2ccc(NCCN(C)C)nc2)c1. The van der Waals surface area contributed by atoms with Crippen molar-refractivity contribution in [1.29, 1.82) is 0 Å². The maximum absolute atomic E-state index is 12.2. The van der Waals surface area contributed by atoms with Gasteiger partial charge in [0.05, 0.1) is 12.7 Å². The van der Waals surface area contributed by atoms with E-state index < -0.39 is 0 Å². The van der Waals surface area contributed by atoms with E-state index in [2.05, 4.69) is 20.5 Å². The Labute approximate surface area is 136 Å². The quantitative estimate of drug-likeness (QED) is 0.821. The Kier molecular flexibility index (Phi) is 5.94. The number of anilines is 2. The van der Waals surface area contributed by atoms with Crippen LogP contribution in [0.25, 0.3) is 0 Å². The third-order valence-corrected chi connectivity index (χ3v) is 3.22. The zero-order valence-corrected chi connectivity index (χ0v) is 13.7. The molecule has 0 spiro atoms. The van der Waals surface area contributed by atoms with Crippen LogP contribution in [0.15, 0.2) is 42.6 Å². The number of ether oxygens (including phenoxy) is 1. The topological polar surface area (TPSA) is 66.5 Å². The Morgan fingerprint density at radius 1 is 1.26 bits per heavy atom. The third kappa shape index (κ3) is 5.27. The lowest BCUT2D eigenvalue weighted by molar-refractivity contribution is 0.102. The van der Waals surface area contributed by atoms with Gasteiger partial charge in [-0.2, -0.15) is 0 Å². The molecule has 1 amide bonds. The van der Waals surface area contributed by atoms with Crippen LogP contribution < -0.4 is 15.4 Å². The molecule has 2 rings (SSSR count). The minimum absolute atomic E-state index is 0.203. The van der Waals surface area contributed by atoms with Gasteiger partial charge in [0, 0.05) is 31.0 Å². The highest BCUT2D eigenvalue weighted by Crippen LogP contribution is 2.17. The van der Waals surface area contributed by atoms with Crippen molar-refractivity contribution in [3.05, 3.63) is 48.2 Å². The second-order valence-corrected chi connectivity index (χ2v) is 5.35. The number of carbonyl (C=O) groups excluding carboxylic acids is 1. The van der Waals surface area contributed by atoms with Crippen molar-refractivity contribution in [2.45, 2.75) is 0 Å². The van der Waals surface area contributed by atoms with Crippen LogP contribution in [0.1, 0.15) is 10.4 Å². The van der Waals surface area contributed by atoms with E-state index in [0.29, 0.717) is 17.0 Å². The molecule has 0 radical (unpaired) electrons. The van der Waals surface area contributed by atoms with Gasteiger partial charge in [0.25, 0.3) is 5.91 Å². The summed E-state index contributed by atoms with van der Waals surface area (Å²) in [5.74, 6) is 1.25. The first-order valence-corrected chi connectivity index (χ1v) is 7.38. The van der Waals surface area contributed by atoms with E-state index in [1.54, 1.807) is 31.5 Å². The largest absolute Gasteiger partial charge is 0.497 e. The van der Waals surface area contributed by atoms with Crippen molar-refractivity contribution < 1.29 is 9.53 Å². The molecule has 0 aliphatic heterocycles. The summed E-state index contributed by atoms with van der Waals surface area (Å²) in [7, 11) is 5.62. The van der Waals surface area contributed by atoms with Gasteiger partial charge in [-0.3, -0.25) is 4.79 Å². The number of hydrogen-bond acceptors (Lipinski definition) is 5. The van der Waals surface area contributed by atoms with Gasteiger partial charge in [0.1, 0.15) is 11.6 Å². The summed E-state index contributed by atoms with van der Waals surface area (Å²) in [5, 5.41) is 6.03. The van der Waals surface area contributed by atoms with Gasteiger partial charge >= 0.3 is 0 Å². The number of rotatable bonds is 7. The van der Waals surface area contributed by atoms with Crippen LogP contribution >= 0.6 is 0 Å². The maximum Gasteiger partial charge on any atom is 0.257 e. The van der Waals surface area contributed by atoms with E-state index in [9.17, 15) is 4.79 Å². The maximum atomic E-state index is 12.2. The second kappa shape index (κ2) is 8.14. The molecule has 6 nitrogen and oxygen atoms in total. The van der Waals surface area contributed by atoms with Crippen molar-refractivity contribution in [3.8, 4) is 5.75 Å². The van der Waals surface area contributed by atoms with Crippen LogP contribution in [0.4, 0.5) is 11.5 Å². The summed E-state index contributed by atoms with van der Waals surface area (Å²) in [6.45, 7) is 1.72. The van der Waals surface area contributed by atoms with Crippen LogP contribution in [0.2, 0.25) is 0 Å². The number of carbonyl (C=O) groups is 1. The molecule has 6 heteroatoms. The predicted molar refractivity (Wildman–Crippen MR) is 92.2 cm³/mol. The lowest BCUT2D eigenvalue weighted by Crippen LogP contribution is -2.21. The van der Waals surface area contributed by atoms with E-state index in [0.717, 1.165) is 18.9 Å². The van der Waals surface area contributed by atoms with Crippen LogP contribution in [0, 0.1) is 0 Å². The number of aromatic nitrogens is 1. The van der Waals surface area contributed by atoms with E-state index in [4.69, 9.17) is 4.74 Å². The van der Waals surface area contributed by atoms with Crippen molar-refractivity contribution in [1.82, 2.24) is 9.88 Å². The zero-order chi connectivity index (χ0) is 16.7. The number of amides is 1. The minimum atomic E-state index is -0.203. The molecule has 0 unspecified atom stereocenters. The standard InChI is InChI=1S/C17H22N4O2/c1-21(2)10-9-18-16-8-7-13(12-19-16)17(22)20-14-5-4-6-15(11-14)23-3/h4-8,11-12H,9-10H2,1-3H3,(H,18,19)(H,20,22). The van der Waals surface area contributed by atoms with Gasteiger partial charge < -0.3 is 20.3 Å². The van der Waals surface area contributed by atoms with Crippen molar-refractivity contribution in [3.63, 3.8) is 0 Å². The Balaban J connectivity index is 1.94. The lowest BCUT2D eigenvalue weighted by Gasteiger charge is -2.11. The Morgan fingerprint density at radius 3 is 2.74 bits per heavy atom. The van der Waals surface area contributed by atoms with Gasteiger partial charge in [-0.25, -0.2) is 4.98 Å². The van der Waals surface area contributed by atoms with Crippen molar-refractivity contribution in [2.24, 2.45) is 0 Å². The summed E-state index contributed by atoms with van der Waals surface area (Å²) >= 11 is 0. The lowest BCUT2D eigenvalue weighted by atomic mass is 10.2. The van der Waals surface area contributed by atoms with E-state index in [1.807, 2.05) is 32.3 Å². The number of methoxy groups -OCH3 is 1. The number of nitrogens with zero attached hydrogens (tertiary/aromatic N) is 2. The molecule has 0 atom stereocenters. The van der Waals surface area contributed by atoms with Crippen LogP contribution in [0.5, 0.6) is 5.75 Å². The highest BCUT2D eigenvalue weighted by molar-refractivity contribution is 6.04. The van der Waals surface area contributed by atoms with E-state index in [1.165, 1.54) is 0 Å². The molecule has 0 saturated heterocycles. The molecule has 0 aliphatic carbocycles. The van der Waals surface area contributed by atoms with E-state index >= 15 is 0 Å². The van der Waals surface area contributed by atoms with Crippen LogP contribution in [-0.4, -0.2) is 50.1 Å². The van der Waals surface area contributed by atoms with Crippen molar-refractivity contribution >= 4 is 17.4 Å². The molecule has 0 aliphatic rings. The smallest absolute Gasteiger partial charge is 0.257 e. The van der Waals surface area contributed by atoms with Gasteiger partial charge in [0.15, 0.2) is 0 Å². The number of nitrogens with one attached hydrogen (secondary N) is 2. The molecule has 0 fully saturated rings. The third-order valence-electron chi connectivity index (χ3n) is 3.22. The average Bonchev–Trinajstić information content (AvgIpc) is 2.55. The fourth-order valence-corrected chi connectivity index (χ4v) is 1.94. The molecule has 0 bridgehead atoms. The molecule has 1 aromatic heterocycles. The summed E-state index contributed by atoms with van der Waals surface area (Å²) in [6.07, 6.45) is 1.56. The van der Waals surface area contributed by atoms with E-state index in [-0.39, 0.29) is 5.91 Å². The Bertz CT molecular complexity index is 641. The monoisotopic (exact) mass is 314 g/mol. The Morgan fingerprint density at radius 2 is 2.09 bits per heavy atom. The number of hydrogen-bond donors (Lipinski definition) is 2. The normalized spacial score (nSPS) is 10.4. The molecule has 0 saturated carbocycles. The molecule has 23 heavy (non-hydrogen) atoms. The summed E-state index contributed by atoms with van der Waals surface area (Å²) in [5.41, 5.74) is 1.19. The summed E-state index contributed by atoms with van der Waals surface area (Å²) in [6, 6.07) is 10.8. The molecular formula is C17H22N4O2. The first kappa shape index (κ1) is 16.8. The average molecular weight is 314 g/mol.